The number of aromatic hydroxyl groups is 1. The predicted octanol–water partition coefficient (Wildman–Crippen LogP) is 4.87. The van der Waals surface area contributed by atoms with E-state index in [-0.39, 0.29) is 30.6 Å². The van der Waals surface area contributed by atoms with Crippen LogP contribution >= 0.6 is 0 Å². The predicted molar refractivity (Wildman–Crippen MR) is 124 cm³/mol. The van der Waals surface area contributed by atoms with Crippen LogP contribution in [0.4, 0.5) is 0 Å². The number of methoxy groups -OCH3 is 4. The molecule has 32 heavy (non-hydrogen) atoms. The second kappa shape index (κ2) is 11.3. The van der Waals surface area contributed by atoms with Gasteiger partial charge in [-0.05, 0) is 34.8 Å². The van der Waals surface area contributed by atoms with Gasteiger partial charge in [-0.1, -0.05) is 36.4 Å². The quantitative estimate of drug-likeness (QED) is 0.549. The number of ether oxygens (including phenoxy) is 4. The number of rotatable bonds is 10. The maximum absolute atomic E-state index is 11.1. The van der Waals surface area contributed by atoms with E-state index in [0.717, 1.165) is 33.4 Å². The normalized spacial score (nSPS) is 16.4. The van der Waals surface area contributed by atoms with Gasteiger partial charge in [-0.25, -0.2) is 0 Å². The molecule has 0 aliphatic heterocycles. The van der Waals surface area contributed by atoms with Crippen LogP contribution in [0.15, 0.2) is 59.4 Å². The third kappa shape index (κ3) is 5.05. The Morgan fingerprint density at radius 2 is 1.50 bits per heavy atom. The van der Waals surface area contributed by atoms with Crippen LogP contribution in [0.3, 0.4) is 0 Å². The minimum atomic E-state index is -0.0526. The number of allylic oxidation sites excluding steroid dienone is 1. The molecule has 2 aromatic rings. The van der Waals surface area contributed by atoms with Gasteiger partial charge in [0.15, 0.2) is 0 Å². The van der Waals surface area contributed by atoms with Gasteiger partial charge in [0, 0.05) is 51.1 Å². The van der Waals surface area contributed by atoms with Gasteiger partial charge in [-0.3, -0.25) is 0 Å². The number of hydrogen-bond acceptors (Lipinski definition) is 6. The topological polar surface area (TPSA) is 77.4 Å². The zero-order valence-electron chi connectivity index (χ0n) is 19.2. The van der Waals surface area contributed by atoms with Gasteiger partial charge in [0.25, 0.3) is 0 Å². The Bertz CT molecular complexity index is 978. The first-order valence-corrected chi connectivity index (χ1v) is 10.6. The smallest absolute Gasteiger partial charge is 0.127 e. The van der Waals surface area contributed by atoms with Crippen molar-refractivity contribution in [2.24, 2.45) is 0 Å². The molecule has 2 N–H and O–H groups in total. The summed E-state index contributed by atoms with van der Waals surface area (Å²) >= 11 is 0. The van der Waals surface area contributed by atoms with E-state index < -0.39 is 0 Å². The summed E-state index contributed by atoms with van der Waals surface area (Å²) in [6.07, 6.45) is 2.64. The Kier molecular flexibility index (Phi) is 8.47. The number of phenolic OH excluding ortho intramolecular Hbond substituents is 1. The monoisotopic (exact) mass is 440 g/mol. The fourth-order valence-electron chi connectivity index (χ4n) is 4.35. The first kappa shape index (κ1) is 24.0. The number of hydrogen-bond donors (Lipinski definition) is 2. The van der Waals surface area contributed by atoms with Crippen LogP contribution in [0.25, 0.3) is 11.1 Å². The fourth-order valence-corrected chi connectivity index (χ4v) is 4.35. The molecular formula is C26H32O6. The van der Waals surface area contributed by atoms with Crippen LogP contribution in [0, 0.1) is 0 Å². The molecule has 0 radical (unpaired) electrons. The third-order valence-corrected chi connectivity index (χ3v) is 5.69. The molecule has 0 amide bonds. The van der Waals surface area contributed by atoms with Crippen molar-refractivity contribution >= 4 is 0 Å². The molecule has 1 atom stereocenters. The van der Waals surface area contributed by atoms with Crippen molar-refractivity contribution < 1.29 is 29.2 Å². The highest BCUT2D eigenvalue weighted by Gasteiger charge is 2.28. The van der Waals surface area contributed by atoms with E-state index in [2.05, 4.69) is 0 Å². The van der Waals surface area contributed by atoms with Gasteiger partial charge in [0.2, 0.25) is 0 Å². The van der Waals surface area contributed by atoms with Crippen molar-refractivity contribution in [3.63, 3.8) is 0 Å². The molecule has 6 nitrogen and oxygen atoms in total. The van der Waals surface area contributed by atoms with Crippen molar-refractivity contribution in [1.29, 1.82) is 0 Å². The fraction of sp³-hybridized carbons (Fsp3) is 0.385. The molecule has 0 spiro atoms. The van der Waals surface area contributed by atoms with Gasteiger partial charge in [0.05, 0.1) is 26.4 Å². The summed E-state index contributed by atoms with van der Waals surface area (Å²) in [7, 11) is 6.45. The van der Waals surface area contributed by atoms with E-state index in [1.165, 1.54) is 0 Å². The van der Waals surface area contributed by atoms with Crippen molar-refractivity contribution in [3.8, 4) is 16.9 Å². The van der Waals surface area contributed by atoms with E-state index in [1.54, 1.807) is 28.4 Å². The Balaban J connectivity index is 2.26. The summed E-state index contributed by atoms with van der Waals surface area (Å²) in [6, 6.07) is 12.0. The number of aliphatic hydroxyl groups excluding tert-OH is 1. The molecule has 0 bridgehead atoms. The van der Waals surface area contributed by atoms with Crippen molar-refractivity contribution in [2.75, 3.05) is 41.7 Å². The molecule has 1 unspecified atom stereocenters. The van der Waals surface area contributed by atoms with Gasteiger partial charge in [-0.2, -0.15) is 0 Å². The number of phenols is 1. The second-order valence-corrected chi connectivity index (χ2v) is 7.88. The molecule has 3 rings (SSSR count). The Morgan fingerprint density at radius 1 is 0.844 bits per heavy atom. The highest BCUT2D eigenvalue weighted by Crippen LogP contribution is 2.44. The van der Waals surface area contributed by atoms with Crippen LogP contribution in [0.1, 0.15) is 29.0 Å². The minimum Gasteiger partial charge on any atom is -0.508 e. The second-order valence-electron chi connectivity index (χ2n) is 7.88. The lowest BCUT2D eigenvalue weighted by atomic mass is 9.79. The van der Waals surface area contributed by atoms with E-state index >= 15 is 0 Å². The van der Waals surface area contributed by atoms with Crippen molar-refractivity contribution in [3.05, 3.63) is 76.1 Å². The maximum atomic E-state index is 11.1. The molecule has 2 aromatic carbocycles. The SMILES string of the molecule is COCC1=CC(c2cc(COC)c(O)c(COC)c2-c2ccccc2)CC(COC)=C1O. The lowest BCUT2D eigenvalue weighted by molar-refractivity contribution is 0.174. The molecule has 1 aliphatic rings. The molecule has 1 aliphatic carbocycles. The van der Waals surface area contributed by atoms with Crippen molar-refractivity contribution in [1.82, 2.24) is 0 Å². The Hall–Kier alpha value is -2.64. The summed E-state index contributed by atoms with van der Waals surface area (Å²) in [6.45, 7) is 1.16. The summed E-state index contributed by atoms with van der Waals surface area (Å²) in [5.41, 5.74) is 5.91. The zero-order chi connectivity index (χ0) is 23.1. The van der Waals surface area contributed by atoms with Gasteiger partial charge < -0.3 is 29.2 Å². The van der Waals surface area contributed by atoms with Crippen LogP contribution in [0.5, 0.6) is 5.75 Å². The van der Waals surface area contributed by atoms with Gasteiger partial charge >= 0.3 is 0 Å². The summed E-state index contributed by atoms with van der Waals surface area (Å²) < 4.78 is 21.5. The maximum Gasteiger partial charge on any atom is 0.127 e. The molecule has 0 saturated carbocycles. The summed E-state index contributed by atoms with van der Waals surface area (Å²) in [5, 5.41) is 21.8. The molecule has 0 heterocycles. The standard InChI is InChI=1S/C26H32O6/c1-29-13-19-10-18(11-20(14-30-2)25(19)27)22-12-21(15-31-3)26(28)23(16-32-4)24(22)17-8-6-5-7-9-17/h5-10,12,18,27-28H,11,13-16H2,1-4H3. The summed E-state index contributed by atoms with van der Waals surface area (Å²) in [4.78, 5) is 0. The van der Waals surface area contributed by atoms with E-state index in [4.69, 9.17) is 18.9 Å². The average Bonchev–Trinajstić information content (AvgIpc) is 2.80. The Morgan fingerprint density at radius 3 is 2.12 bits per heavy atom. The van der Waals surface area contributed by atoms with Crippen LogP contribution < -0.4 is 0 Å². The highest BCUT2D eigenvalue weighted by atomic mass is 16.5. The van der Waals surface area contributed by atoms with Gasteiger partial charge in [-0.15, -0.1) is 0 Å². The molecule has 6 heteroatoms. The van der Waals surface area contributed by atoms with Gasteiger partial charge in [0.1, 0.15) is 11.5 Å². The van der Waals surface area contributed by atoms with E-state index in [9.17, 15) is 10.2 Å². The first-order valence-electron chi connectivity index (χ1n) is 10.6. The minimum absolute atomic E-state index is 0.0526. The lowest BCUT2D eigenvalue weighted by Crippen LogP contribution is -2.16. The molecule has 0 saturated heterocycles. The molecular weight excluding hydrogens is 408 g/mol. The average molecular weight is 441 g/mol. The van der Waals surface area contributed by atoms with E-state index in [1.807, 2.05) is 42.5 Å². The van der Waals surface area contributed by atoms with Crippen molar-refractivity contribution in [2.45, 2.75) is 25.6 Å². The van der Waals surface area contributed by atoms with Crippen LogP contribution in [-0.4, -0.2) is 51.9 Å². The summed E-state index contributed by atoms with van der Waals surface area (Å²) in [5.74, 6) is 0.367. The highest BCUT2D eigenvalue weighted by molar-refractivity contribution is 5.76. The molecule has 0 fully saturated rings. The van der Waals surface area contributed by atoms with Crippen LogP contribution in [0.2, 0.25) is 0 Å². The van der Waals surface area contributed by atoms with Crippen LogP contribution in [-0.2, 0) is 32.2 Å². The number of aliphatic hydroxyl groups is 1. The third-order valence-electron chi connectivity index (χ3n) is 5.69. The zero-order valence-corrected chi connectivity index (χ0v) is 19.2. The largest absolute Gasteiger partial charge is 0.508 e. The molecule has 0 aromatic heterocycles. The van der Waals surface area contributed by atoms with E-state index in [0.29, 0.717) is 25.2 Å². The lowest BCUT2D eigenvalue weighted by Gasteiger charge is -2.28. The first-order chi connectivity index (χ1) is 15.5. The Labute approximate surface area is 189 Å². The number of benzene rings is 2. The molecule has 172 valence electrons.